The standard InChI is InChI=1S/C19H27N7O3/c1-29-16-11-13(4-5-14(16)23-17(27)15-3-2-6-20-15)18(28)25-7-9-26(10-8-25)19-21-12-22-24-19/h2-3,6,12-14,16,20H,4-5,7-11H2,1H3,(H,23,27)(H,21,22,24)/t13-,14-,16-/m0/s1. The van der Waals surface area contributed by atoms with Crippen molar-refractivity contribution in [2.75, 3.05) is 38.2 Å². The second-order valence-electron chi connectivity index (χ2n) is 7.57. The Hall–Kier alpha value is -2.88. The molecule has 0 unspecified atom stereocenters. The zero-order valence-corrected chi connectivity index (χ0v) is 16.5. The van der Waals surface area contributed by atoms with Crippen LogP contribution in [0, 0.1) is 5.92 Å². The number of amides is 2. The molecule has 3 atom stereocenters. The van der Waals surface area contributed by atoms with Crippen LogP contribution in [-0.2, 0) is 9.53 Å². The second-order valence-corrected chi connectivity index (χ2v) is 7.57. The monoisotopic (exact) mass is 401 g/mol. The van der Waals surface area contributed by atoms with Gasteiger partial charge in [0.05, 0.1) is 12.1 Å². The van der Waals surface area contributed by atoms with Crippen LogP contribution >= 0.6 is 0 Å². The van der Waals surface area contributed by atoms with Crippen molar-refractivity contribution in [1.29, 1.82) is 0 Å². The molecule has 10 nitrogen and oxygen atoms in total. The molecule has 4 rings (SSSR count). The normalized spacial score (nSPS) is 25.1. The molecule has 0 spiro atoms. The highest BCUT2D eigenvalue weighted by molar-refractivity contribution is 5.92. The third kappa shape index (κ3) is 4.26. The van der Waals surface area contributed by atoms with Crippen molar-refractivity contribution >= 4 is 17.8 Å². The van der Waals surface area contributed by atoms with E-state index in [0.29, 0.717) is 25.2 Å². The van der Waals surface area contributed by atoms with Crippen molar-refractivity contribution in [3.8, 4) is 0 Å². The second kappa shape index (κ2) is 8.64. The molecule has 3 heterocycles. The van der Waals surface area contributed by atoms with Gasteiger partial charge in [-0.15, -0.1) is 0 Å². The summed E-state index contributed by atoms with van der Waals surface area (Å²) >= 11 is 0. The first-order valence-corrected chi connectivity index (χ1v) is 10.0. The van der Waals surface area contributed by atoms with Gasteiger partial charge in [0.15, 0.2) is 0 Å². The molecular formula is C19H27N7O3. The van der Waals surface area contributed by atoms with Gasteiger partial charge in [-0.3, -0.25) is 9.59 Å². The Labute approximate surface area is 169 Å². The minimum absolute atomic E-state index is 0.0737. The van der Waals surface area contributed by atoms with Crippen LogP contribution in [0.4, 0.5) is 5.95 Å². The Bertz CT molecular complexity index is 800. The van der Waals surface area contributed by atoms with Crippen LogP contribution in [0.2, 0.25) is 0 Å². The number of carbonyl (C=O) groups is 2. The lowest BCUT2D eigenvalue weighted by Gasteiger charge is -2.39. The molecule has 0 bridgehead atoms. The summed E-state index contributed by atoms with van der Waals surface area (Å²) in [6.45, 7) is 2.80. The zero-order chi connectivity index (χ0) is 20.2. The summed E-state index contributed by atoms with van der Waals surface area (Å²) in [6.07, 6.45) is 5.13. The van der Waals surface area contributed by atoms with Gasteiger partial charge in [-0.2, -0.15) is 10.1 Å². The Morgan fingerprint density at radius 3 is 2.72 bits per heavy atom. The molecule has 0 radical (unpaired) electrons. The predicted octanol–water partition coefficient (Wildman–Crippen LogP) is 0.395. The summed E-state index contributed by atoms with van der Waals surface area (Å²) in [5, 5.41) is 9.79. The number of piperazine rings is 1. The number of H-pyrrole nitrogens is 2. The molecule has 156 valence electrons. The van der Waals surface area contributed by atoms with E-state index in [1.807, 2.05) is 4.90 Å². The number of carbonyl (C=O) groups excluding carboxylic acids is 2. The Morgan fingerprint density at radius 2 is 2.07 bits per heavy atom. The molecule has 1 saturated carbocycles. The lowest BCUT2D eigenvalue weighted by atomic mass is 9.82. The number of rotatable bonds is 5. The summed E-state index contributed by atoms with van der Waals surface area (Å²) in [5.74, 6) is 0.707. The first-order valence-electron chi connectivity index (χ1n) is 10.0. The van der Waals surface area contributed by atoms with E-state index < -0.39 is 0 Å². The number of aromatic amines is 2. The van der Waals surface area contributed by atoms with Gasteiger partial charge < -0.3 is 24.8 Å². The average Bonchev–Trinajstić information content (AvgIpc) is 3.48. The topological polar surface area (TPSA) is 119 Å². The predicted molar refractivity (Wildman–Crippen MR) is 105 cm³/mol. The number of methoxy groups -OCH3 is 1. The molecule has 2 amide bonds. The molecular weight excluding hydrogens is 374 g/mol. The third-order valence-corrected chi connectivity index (χ3v) is 5.90. The summed E-state index contributed by atoms with van der Waals surface area (Å²) < 4.78 is 5.63. The van der Waals surface area contributed by atoms with Crippen molar-refractivity contribution in [1.82, 2.24) is 30.4 Å². The number of hydrogen-bond acceptors (Lipinski definition) is 6. The van der Waals surface area contributed by atoms with Crippen LogP contribution in [0.15, 0.2) is 24.7 Å². The molecule has 2 fully saturated rings. The molecule has 3 N–H and O–H groups in total. The third-order valence-electron chi connectivity index (χ3n) is 5.90. The minimum Gasteiger partial charge on any atom is -0.379 e. The van der Waals surface area contributed by atoms with Crippen LogP contribution < -0.4 is 10.2 Å². The van der Waals surface area contributed by atoms with Crippen LogP contribution in [-0.4, -0.2) is 82.3 Å². The zero-order valence-electron chi connectivity index (χ0n) is 16.5. The number of ether oxygens (including phenoxy) is 1. The van der Waals surface area contributed by atoms with Gasteiger partial charge in [-0.1, -0.05) is 0 Å². The number of anilines is 1. The van der Waals surface area contributed by atoms with Crippen molar-refractivity contribution in [2.24, 2.45) is 5.92 Å². The summed E-state index contributed by atoms with van der Waals surface area (Å²) in [7, 11) is 1.64. The molecule has 0 aromatic carbocycles. The maximum absolute atomic E-state index is 13.0. The molecule has 2 aromatic heterocycles. The minimum atomic E-state index is -0.174. The van der Waals surface area contributed by atoms with Crippen molar-refractivity contribution in [2.45, 2.75) is 31.4 Å². The summed E-state index contributed by atoms with van der Waals surface area (Å²) in [5.41, 5.74) is 0.530. The average molecular weight is 401 g/mol. The first-order chi connectivity index (χ1) is 14.2. The number of nitrogens with one attached hydrogen (secondary N) is 3. The fourth-order valence-electron chi connectivity index (χ4n) is 4.25. The van der Waals surface area contributed by atoms with Gasteiger partial charge in [0.25, 0.3) is 5.91 Å². The maximum atomic E-state index is 13.0. The highest BCUT2D eigenvalue weighted by Gasteiger charge is 2.37. The molecule has 1 saturated heterocycles. The van der Waals surface area contributed by atoms with E-state index in [0.717, 1.165) is 31.9 Å². The van der Waals surface area contributed by atoms with Gasteiger partial charge >= 0.3 is 0 Å². The van der Waals surface area contributed by atoms with Crippen molar-refractivity contribution in [3.05, 3.63) is 30.4 Å². The molecule has 2 aromatic rings. The van der Waals surface area contributed by atoms with E-state index >= 15 is 0 Å². The Kier molecular flexibility index (Phi) is 5.79. The number of hydrogen-bond donors (Lipinski definition) is 3. The quantitative estimate of drug-likeness (QED) is 0.667. The van der Waals surface area contributed by atoms with Gasteiger partial charge in [-0.05, 0) is 31.4 Å². The summed E-state index contributed by atoms with van der Waals surface area (Å²) in [6, 6.07) is 3.44. The highest BCUT2D eigenvalue weighted by atomic mass is 16.5. The lowest BCUT2D eigenvalue weighted by molar-refractivity contribution is -0.138. The van der Waals surface area contributed by atoms with Crippen LogP contribution in [0.3, 0.4) is 0 Å². The van der Waals surface area contributed by atoms with Gasteiger partial charge in [-0.25, -0.2) is 5.10 Å². The number of nitrogens with zero attached hydrogens (tertiary/aromatic N) is 4. The van der Waals surface area contributed by atoms with Crippen LogP contribution in [0.25, 0.3) is 0 Å². The van der Waals surface area contributed by atoms with Crippen LogP contribution in [0.1, 0.15) is 29.8 Å². The van der Waals surface area contributed by atoms with Crippen molar-refractivity contribution in [3.63, 3.8) is 0 Å². The van der Waals surface area contributed by atoms with Gasteiger partial charge in [0.1, 0.15) is 12.0 Å². The first kappa shape index (κ1) is 19.4. The molecule has 29 heavy (non-hydrogen) atoms. The lowest BCUT2D eigenvalue weighted by Crippen LogP contribution is -2.53. The van der Waals surface area contributed by atoms with E-state index in [1.165, 1.54) is 6.33 Å². The van der Waals surface area contributed by atoms with E-state index in [2.05, 4.69) is 30.4 Å². The maximum Gasteiger partial charge on any atom is 0.267 e. The molecule has 2 aliphatic rings. The Balaban J connectivity index is 1.30. The fraction of sp³-hybridized carbons (Fsp3) is 0.579. The van der Waals surface area contributed by atoms with Crippen LogP contribution in [0.5, 0.6) is 0 Å². The molecule has 1 aliphatic heterocycles. The van der Waals surface area contributed by atoms with Gasteiger partial charge in [0, 0.05) is 45.4 Å². The van der Waals surface area contributed by atoms with Crippen molar-refractivity contribution < 1.29 is 14.3 Å². The van der Waals surface area contributed by atoms with E-state index in [4.69, 9.17) is 4.74 Å². The SMILES string of the molecule is CO[C@H]1C[C@@H](C(=O)N2CCN(c3ncn[nH]3)CC2)CC[C@@H]1NC(=O)c1ccc[nH]1. The highest BCUT2D eigenvalue weighted by Crippen LogP contribution is 2.29. The molecule has 1 aliphatic carbocycles. The smallest absolute Gasteiger partial charge is 0.267 e. The molecule has 10 heteroatoms. The van der Waals surface area contributed by atoms with E-state index in [9.17, 15) is 9.59 Å². The van der Waals surface area contributed by atoms with Gasteiger partial charge in [0.2, 0.25) is 11.9 Å². The fourth-order valence-corrected chi connectivity index (χ4v) is 4.25. The van der Waals surface area contributed by atoms with E-state index in [1.54, 1.807) is 25.4 Å². The van der Waals surface area contributed by atoms with E-state index in [-0.39, 0.29) is 29.9 Å². The Morgan fingerprint density at radius 1 is 1.24 bits per heavy atom. The largest absolute Gasteiger partial charge is 0.379 e. The summed E-state index contributed by atoms with van der Waals surface area (Å²) in [4.78, 5) is 36.5. The number of aromatic nitrogens is 4.